The summed E-state index contributed by atoms with van der Waals surface area (Å²) in [5, 5.41) is 6.46. The highest BCUT2D eigenvalue weighted by atomic mass is 35.5. The number of halogens is 1. The highest BCUT2D eigenvalue weighted by Crippen LogP contribution is 2.44. The number of amides is 1. The summed E-state index contributed by atoms with van der Waals surface area (Å²) < 4.78 is 34.3. The fraction of sp³-hybridized carbons (Fsp3) is 0.409. The van der Waals surface area contributed by atoms with Gasteiger partial charge < -0.3 is 15.4 Å². The summed E-state index contributed by atoms with van der Waals surface area (Å²) >= 11 is 6.55. The van der Waals surface area contributed by atoms with E-state index >= 15 is 0 Å². The van der Waals surface area contributed by atoms with Gasteiger partial charge in [0, 0.05) is 30.6 Å². The van der Waals surface area contributed by atoms with Crippen LogP contribution in [0.2, 0.25) is 5.02 Å². The molecule has 1 unspecified atom stereocenters. The predicted octanol–water partition coefficient (Wildman–Crippen LogP) is 2.82. The molecule has 31 heavy (non-hydrogen) atoms. The number of methoxy groups -OCH3 is 1. The van der Waals surface area contributed by atoms with Crippen molar-refractivity contribution in [1.82, 2.24) is 14.9 Å². The van der Waals surface area contributed by atoms with Crippen molar-refractivity contribution in [3.8, 4) is 5.75 Å². The Hall–Kier alpha value is -2.13. The van der Waals surface area contributed by atoms with Crippen molar-refractivity contribution < 1.29 is 17.9 Å². The number of sulfonamides is 1. The molecule has 0 bridgehead atoms. The van der Waals surface area contributed by atoms with E-state index in [1.165, 1.54) is 21.2 Å². The van der Waals surface area contributed by atoms with E-state index in [2.05, 4.69) is 10.6 Å². The molecule has 0 radical (unpaired) electrons. The smallest absolute Gasteiger partial charge is 0.256 e. The summed E-state index contributed by atoms with van der Waals surface area (Å²) in [5.74, 6) is -0.568. The van der Waals surface area contributed by atoms with E-state index in [4.69, 9.17) is 16.3 Å². The van der Waals surface area contributed by atoms with Crippen LogP contribution >= 0.6 is 11.6 Å². The maximum atomic E-state index is 13.9. The highest BCUT2D eigenvalue weighted by molar-refractivity contribution is 7.90. The van der Waals surface area contributed by atoms with Gasteiger partial charge in [-0.25, -0.2) is 12.7 Å². The van der Waals surface area contributed by atoms with Crippen LogP contribution in [-0.2, 0) is 14.9 Å². The number of para-hydroxylation sites is 1. The van der Waals surface area contributed by atoms with Gasteiger partial charge in [-0.3, -0.25) is 4.79 Å². The first-order valence-corrected chi connectivity index (χ1v) is 11.9. The van der Waals surface area contributed by atoms with Crippen LogP contribution in [0.5, 0.6) is 5.75 Å². The zero-order valence-electron chi connectivity index (χ0n) is 17.9. The molecule has 1 saturated heterocycles. The third-order valence-electron chi connectivity index (χ3n) is 5.73. The second-order valence-electron chi connectivity index (χ2n) is 7.68. The van der Waals surface area contributed by atoms with Crippen LogP contribution in [-0.4, -0.2) is 52.9 Å². The molecule has 0 saturated carbocycles. The monoisotopic (exact) mass is 465 g/mol. The van der Waals surface area contributed by atoms with Crippen LogP contribution in [0.3, 0.4) is 0 Å². The largest absolute Gasteiger partial charge is 0.496 e. The van der Waals surface area contributed by atoms with Crippen LogP contribution in [0.25, 0.3) is 0 Å². The van der Waals surface area contributed by atoms with Crippen molar-refractivity contribution in [2.45, 2.75) is 17.7 Å². The van der Waals surface area contributed by atoms with E-state index in [9.17, 15) is 13.2 Å². The maximum Gasteiger partial charge on any atom is 0.256 e. The number of hydrogen-bond acceptors (Lipinski definition) is 5. The molecule has 1 atom stereocenters. The lowest BCUT2D eigenvalue weighted by atomic mass is 9.84. The van der Waals surface area contributed by atoms with Gasteiger partial charge in [-0.05, 0) is 44.1 Å². The standard InChI is InChI=1S/C22H28ClN3O4S/c1-26(2)31(28,29)22(16-12-14-24-15-13-16,18-9-5-6-10-19(18)23)25-21(27)17-8-4-7-11-20(17)30-3/h4-11,16,24H,12-15H2,1-3H3,(H,25,27). The molecule has 9 heteroatoms. The third kappa shape index (κ3) is 4.30. The van der Waals surface area contributed by atoms with E-state index in [0.29, 0.717) is 37.2 Å². The molecular formula is C22H28ClN3O4S. The number of piperidine rings is 1. The lowest BCUT2D eigenvalue weighted by molar-refractivity contribution is 0.0884. The summed E-state index contributed by atoms with van der Waals surface area (Å²) in [6.07, 6.45) is 1.12. The summed E-state index contributed by atoms with van der Waals surface area (Å²) in [7, 11) is 0.358. The van der Waals surface area contributed by atoms with Gasteiger partial charge in [0.25, 0.3) is 5.91 Å². The first kappa shape index (κ1) is 23.5. The molecule has 1 heterocycles. The van der Waals surface area contributed by atoms with Crippen molar-refractivity contribution in [3.05, 3.63) is 64.7 Å². The molecule has 2 aromatic rings. The van der Waals surface area contributed by atoms with Crippen LogP contribution in [0, 0.1) is 5.92 Å². The number of carbonyl (C=O) groups excluding carboxylic acids is 1. The van der Waals surface area contributed by atoms with Gasteiger partial charge in [-0.15, -0.1) is 0 Å². The number of rotatable bonds is 7. The van der Waals surface area contributed by atoms with Crippen molar-refractivity contribution in [1.29, 1.82) is 0 Å². The molecule has 3 rings (SSSR count). The van der Waals surface area contributed by atoms with Gasteiger partial charge >= 0.3 is 0 Å². The Morgan fingerprint density at radius 2 is 1.74 bits per heavy atom. The molecule has 1 fully saturated rings. The first-order chi connectivity index (χ1) is 14.8. The van der Waals surface area contributed by atoms with Crippen molar-refractivity contribution in [2.75, 3.05) is 34.3 Å². The number of benzene rings is 2. The van der Waals surface area contributed by atoms with Crippen LogP contribution < -0.4 is 15.4 Å². The fourth-order valence-electron chi connectivity index (χ4n) is 4.15. The number of ether oxygens (including phenoxy) is 1. The second kappa shape index (κ2) is 9.56. The SMILES string of the molecule is COc1ccccc1C(=O)NC(c1ccccc1Cl)(C1CCNCC1)S(=O)(=O)N(C)C. The average molecular weight is 466 g/mol. The van der Waals surface area contributed by atoms with Gasteiger partial charge in [0.1, 0.15) is 5.75 Å². The van der Waals surface area contributed by atoms with Crippen molar-refractivity contribution in [3.63, 3.8) is 0 Å². The Bertz CT molecular complexity index is 1040. The maximum absolute atomic E-state index is 13.9. The Kier molecular flexibility index (Phi) is 7.26. The zero-order chi connectivity index (χ0) is 22.6. The van der Waals surface area contributed by atoms with E-state index < -0.39 is 20.8 Å². The van der Waals surface area contributed by atoms with Gasteiger partial charge in [-0.2, -0.15) is 0 Å². The van der Waals surface area contributed by atoms with Crippen LogP contribution in [0.4, 0.5) is 0 Å². The molecule has 2 N–H and O–H groups in total. The molecule has 1 amide bonds. The van der Waals surface area contributed by atoms with Gasteiger partial charge in [0.05, 0.1) is 12.7 Å². The third-order valence-corrected chi connectivity index (χ3v) is 8.49. The second-order valence-corrected chi connectivity index (χ2v) is 10.4. The Morgan fingerprint density at radius 1 is 1.13 bits per heavy atom. The van der Waals surface area contributed by atoms with E-state index in [1.807, 2.05) is 0 Å². The summed E-state index contributed by atoms with van der Waals surface area (Å²) in [6, 6.07) is 13.5. The summed E-state index contributed by atoms with van der Waals surface area (Å²) in [6.45, 7) is 1.29. The van der Waals surface area contributed by atoms with Crippen molar-refractivity contribution in [2.24, 2.45) is 5.92 Å². The minimum Gasteiger partial charge on any atom is -0.496 e. The molecule has 1 aliphatic rings. The molecule has 7 nitrogen and oxygen atoms in total. The van der Waals surface area contributed by atoms with E-state index in [-0.39, 0.29) is 16.5 Å². The predicted molar refractivity (Wildman–Crippen MR) is 122 cm³/mol. The highest BCUT2D eigenvalue weighted by Gasteiger charge is 2.55. The fourth-order valence-corrected chi connectivity index (χ4v) is 6.40. The van der Waals surface area contributed by atoms with E-state index in [1.54, 1.807) is 48.5 Å². The Balaban J connectivity index is 2.26. The topological polar surface area (TPSA) is 87.7 Å². The molecule has 0 spiro atoms. The quantitative estimate of drug-likeness (QED) is 0.656. The van der Waals surface area contributed by atoms with Crippen LogP contribution in [0.1, 0.15) is 28.8 Å². The molecular weight excluding hydrogens is 438 g/mol. The van der Waals surface area contributed by atoms with Crippen LogP contribution in [0.15, 0.2) is 48.5 Å². The normalized spacial score (nSPS) is 17.2. The minimum atomic E-state index is -4.05. The van der Waals surface area contributed by atoms with Gasteiger partial charge in [0.15, 0.2) is 4.87 Å². The lowest BCUT2D eigenvalue weighted by Crippen LogP contribution is -2.61. The summed E-state index contributed by atoms with van der Waals surface area (Å²) in [4.78, 5) is 11.8. The number of nitrogens with one attached hydrogen (secondary N) is 2. The zero-order valence-corrected chi connectivity index (χ0v) is 19.5. The average Bonchev–Trinajstić information content (AvgIpc) is 2.78. The molecule has 0 aromatic heterocycles. The number of carbonyl (C=O) groups is 1. The van der Waals surface area contributed by atoms with Gasteiger partial charge in [-0.1, -0.05) is 41.9 Å². The molecule has 2 aromatic carbocycles. The lowest BCUT2D eigenvalue weighted by Gasteiger charge is -2.44. The Labute approximate surface area is 188 Å². The van der Waals surface area contributed by atoms with E-state index in [0.717, 1.165) is 4.31 Å². The van der Waals surface area contributed by atoms with Crippen molar-refractivity contribution >= 4 is 27.5 Å². The summed E-state index contributed by atoms with van der Waals surface area (Å²) in [5.41, 5.74) is 0.616. The Morgan fingerprint density at radius 3 is 2.35 bits per heavy atom. The first-order valence-electron chi connectivity index (χ1n) is 10.1. The van der Waals surface area contributed by atoms with Gasteiger partial charge in [0.2, 0.25) is 10.0 Å². The molecule has 0 aliphatic carbocycles. The number of hydrogen-bond donors (Lipinski definition) is 2. The molecule has 168 valence electrons. The molecule has 1 aliphatic heterocycles. The minimum absolute atomic E-state index is 0.254. The number of nitrogens with zero attached hydrogens (tertiary/aromatic N) is 1.